The molecule has 0 amide bonds. The van der Waals surface area contributed by atoms with Crippen molar-refractivity contribution in [2.75, 3.05) is 46.4 Å². The minimum Gasteiger partial charge on any atom is -0.463 e. The third-order valence-corrected chi connectivity index (χ3v) is 7.97. The van der Waals surface area contributed by atoms with Gasteiger partial charge in [0.2, 0.25) is 0 Å². The second kappa shape index (κ2) is 31.3. The number of esters is 6. The number of carbonyl (C=O) groups is 7. The molecule has 0 aromatic carbocycles. The normalized spacial score (nSPS) is 18.4. The molecule has 4 unspecified atom stereocenters. The number of aliphatic hydroxyl groups excluding tert-OH is 1. The van der Waals surface area contributed by atoms with Crippen molar-refractivity contribution in [3.8, 4) is 0 Å². The number of hydrogen-bond donors (Lipinski definition) is 2. The van der Waals surface area contributed by atoms with E-state index in [0.29, 0.717) is 51.2 Å². The maximum Gasteiger partial charge on any atom is 0.330 e. The minimum absolute atomic E-state index is 0.0156. The highest BCUT2D eigenvalue weighted by Gasteiger charge is 2.46. The molecule has 1 saturated heterocycles. The van der Waals surface area contributed by atoms with E-state index in [1.165, 1.54) is 6.08 Å². The van der Waals surface area contributed by atoms with Crippen molar-refractivity contribution < 1.29 is 81.3 Å². The molecule has 1 heterocycles. The van der Waals surface area contributed by atoms with Gasteiger partial charge in [-0.15, -0.1) is 0 Å². The van der Waals surface area contributed by atoms with E-state index >= 15 is 0 Å². The van der Waals surface area contributed by atoms with Crippen LogP contribution in [0.5, 0.6) is 0 Å². The molecule has 2 N–H and O–H groups in total. The van der Waals surface area contributed by atoms with Gasteiger partial charge in [0.15, 0.2) is 24.7 Å². The summed E-state index contributed by atoms with van der Waals surface area (Å²) in [6.45, 7) is 13.0. The fourth-order valence-corrected chi connectivity index (χ4v) is 4.92. The van der Waals surface area contributed by atoms with Crippen LogP contribution in [0, 0.1) is 5.92 Å². The molecule has 6 atom stereocenters. The Morgan fingerprint density at radius 2 is 1.19 bits per heavy atom. The van der Waals surface area contributed by atoms with Gasteiger partial charge in [0.1, 0.15) is 19.1 Å². The highest BCUT2D eigenvalue weighted by Crippen LogP contribution is 2.25. The number of nitrogens with one attached hydrogen (secondary N) is 1. The fraction of sp³-hybridized carbons (Fsp3) is 0.615. The maximum absolute atomic E-state index is 13.2. The van der Waals surface area contributed by atoms with Crippen LogP contribution in [0.2, 0.25) is 0 Å². The van der Waals surface area contributed by atoms with E-state index in [-0.39, 0.29) is 72.1 Å². The Balaban J connectivity index is 3.10. The van der Waals surface area contributed by atoms with E-state index in [1.54, 1.807) is 0 Å². The zero-order valence-corrected chi connectivity index (χ0v) is 32.4. The molecule has 18 heteroatoms. The number of hydrogen-bond acceptors (Lipinski definition) is 18. The molecule has 0 aliphatic carbocycles. The first-order chi connectivity index (χ1) is 27.5. The summed E-state index contributed by atoms with van der Waals surface area (Å²) in [5.74, 6) is -4.38. The van der Waals surface area contributed by atoms with Crippen molar-refractivity contribution in [3.63, 3.8) is 0 Å². The van der Waals surface area contributed by atoms with Crippen molar-refractivity contribution in [1.29, 1.82) is 0 Å². The topological polar surface area (TPSA) is 235 Å². The summed E-state index contributed by atoms with van der Waals surface area (Å²) in [5, 5.41) is 12.4. The SMILES string of the molecule is C=CC(=O)OCCCCC(=O)OCNC1OC[C@@H](OCC(C=O)CCCOC(=O)C=C)C(OC(=O)CCCCOC(O)C=C)[C@H]1OC(=O)CCCCOC(=O)C=C. The van der Waals surface area contributed by atoms with Gasteiger partial charge >= 0.3 is 35.8 Å². The Morgan fingerprint density at radius 1 is 0.684 bits per heavy atom. The fourth-order valence-electron chi connectivity index (χ4n) is 4.92. The van der Waals surface area contributed by atoms with Gasteiger partial charge in [0.25, 0.3) is 0 Å². The molecule has 1 aliphatic heterocycles. The minimum atomic E-state index is -1.34. The van der Waals surface area contributed by atoms with Crippen molar-refractivity contribution in [2.24, 2.45) is 5.92 Å². The molecular weight excluding hydrogens is 754 g/mol. The average molecular weight is 812 g/mol. The lowest BCUT2D eigenvalue weighted by Crippen LogP contribution is -2.61. The largest absolute Gasteiger partial charge is 0.463 e. The molecule has 1 fully saturated rings. The van der Waals surface area contributed by atoms with Gasteiger partial charge in [0, 0.05) is 43.4 Å². The molecule has 320 valence electrons. The second-order valence-corrected chi connectivity index (χ2v) is 12.4. The van der Waals surface area contributed by atoms with Crippen molar-refractivity contribution in [3.05, 3.63) is 50.6 Å². The Morgan fingerprint density at radius 3 is 1.72 bits per heavy atom. The van der Waals surface area contributed by atoms with E-state index in [9.17, 15) is 38.7 Å². The van der Waals surface area contributed by atoms with Gasteiger partial charge in [-0.2, -0.15) is 0 Å². The van der Waals surface area contributed by atoms with E-state index in [4.69, 9.17) is 42.6 Å². The summed E-state index contributed by atoms with van der Waals surface area (Å²) in [7, 11) is 0. The molecule has 18 nitrogen and oxygen atoms in total. The molecule has 57 heavy (non-hydrogen) atoms. The first-order valence-corrected chi connectivity index (χ1v) is 18.7. The summed E-state index contributed by atoms with van der Waals surface area (Å²) in [6, 6.07) is 0. The van der Waals surface area contributed by atoms with E-state index in [1.807, 2.05) is 0 Å². The first-order valence-electron chi connectivity index (χ1n) is 18.7. The van der Waals surface area contributed by atoms with Crippen LogP contribution in [0.3, 0.4) is 0 Å². The Hall–Kier alpha value is -4.75. The van der Waals surface area contributed by atoms with Gasteiger partial charge < -0.3 is 52.5 Å². The molecule has 0 spiro atoms. The highest BCUT2D eigenvalue weighted by atomic mass is 16.6. The predicted octanol–water partition coefficient (Wildman–Crippen LogP) is 2.46. The van der Waals surface area contributed by atoms with Crippen LogP contribution < -0.4 is 5.32 Å². The standard InChI is InChI=1S/C39H57NO17/c1-5-30(42)49-20-12-9-17-34(46)55-27-40-39-38(57-36(48)19-11-14-22-51-32(44)7-3)37(56-35(47)18-10-13-21-50-31(43)6-2)29(26-54-39)53-25-28(24-41)16-15-23-52-33(45)8-4/h5-8,24,28-29,31,37-40,43H,1-4,9-23,25-27H2/t28?,29-,31?,37?,38-,39?/m1/s1. The molecule has 0 aromatic heterocycles. The lowest BCUT2D eigenvalue weighted by molar-refractivity contribution is -0.236. The van der Waals surface area contributed by atoms with Crippen LogP contribution >= 0.6 is 0 Å². The summed E-state index contributed by atoms with van der Waals surface area (Å²) < 4.78 is 48.9. The molecule has 1 aliphatic rings. The zero-order valence-electron chi connectivity index (χ0n) is 32.4. The number of unbranched alkanes of at least 4 members (excludes halogenated alkanes) is 3. The predicted molar refractivity (Wildman–Crippen MR) is 199 cm³/mol. The smallest absolute Gasteiger partial charge is 0.330 e. The third-order valence-electron chi connectivity index (χ3n) is 7.97. The Labute approximate surface area is 332 Å². The highest BCUT2D eigenvalue weighted by molar-refractivity contribution is 5.81. The number of carbonyl (C=O) groups excluding carboxylic acids is 7. The van der Waals surface area contributed by atoms with E-state index in [0.717, 1.165) is 18.2 Å². The zero-order chi connectivity index (χ0) is 42.3. The quantitative estimate of drug-likeness (QED) is 0.0184. The van der Waals surface area contributed by atoms with Crippen LogP contribution in [-0.4, -0.2) is 124 Å². The van der Waals surface area contributed by atoms with Gasteiger partial charge in [-0.25, -0.2) is 14.4 Å². The van der Waals surface area contributed by atoms with Crippen molar-refractivity contribution in [1.82, 2.24) is 5.32 Å². The second-order valence-electron chi connectivity index (χ2n) is 12.4. The van der Waals surface area contributed by atoms with E-state index < -0.39 is 72.6 Å². The lowest BCUT2D eigenvalue weighted by Gasteiger charge is -2.41. The van der Waals surface area contributed by atoms with Gasteiger partial charge in [0.05, 0.1) is 39.6 Å². The number of ether oxygens (including phenoxy) is 9. The number of aliphatic hydroxyl groups is 1. The summed E-state index contributed by atoms with van der Waals surface area (Å²) in [4.78, 5) is 84.5. The van der Waals surface area contributed by atoms with Crippen LogP contribution in [-0.2, 0) is 76.2 Å². The summed E-state index contributed by atoms with van der Waals surface area (Å²) in [6.07, 6.45) is 1.59. The molecule has 0 bridgehead atoms. The van der Waals surface area contributed by atoms with Crippen LogP contribution in [0.25, 0.3) is 0 Å². The molecular formula is C39H57NO17. The van der Waals surface area contributed by atoms with E-state index in [2.05, 4.69) is 31.6 Å². The summed E-state index contributed by atoms with van der Waals surface area (Å²) in [5.41, 5.74) is 0. The average Bonchev–Trinajstić information content (AvgIpc) is 3.20. The summed E-state index contributed by atoms with van der Waals surface area (Å²) >= 11 is 0. The third kappa shape index (κ3) is 23.8. The number of rotatable bonds is 33. The Kier molecular flexibility index (Phi) is 27.6. The molecule has 0 aromatic rings. The van der Waals surface area contributed by atoms with Gasteiger partial charge in [-0.05, 0) is 57.4 Å². The van der Waals surface area contributed by atoms with Crippen LogP contribution in [0.4, 0.5) is 0 Å². The first kappa shape index (κ1) is 50.3. The number of aldehydes is 1. The molecule has 0 saturated carbocycles. The Bertz CT molecular complexity index is 1300. The van der Waals surface area contributed by atoms with Crippen LogP contribution in [0.1, 0.15) is 70.6 Å². The molecule has 1 rings (SSSR count). The monoisotopic (exact) mass is 811 g/mol. The molecule has 0 radical (unpaired) electrons. The van der Waals surface area contributed by atoms with Gasteiger partial charge in [-0.3, -0.25) is 19.7 Å². The van der Waals surface area contributed by atoms with Crippen molar-refractivity contribution in [2.45, 2.75) is 101 Å². The van der Waals surface area contributed by atoms with Crippen molar-refractivity contribution >= 4 is 42.1 Å². The maximum atomic E-state index is 13.2. The van der Waals surface area contributed by atoms with Gasteiger partial charge in [-0.1, -0.05) is 26.3 Å². The lowest BCUT2D eigenvalue weighted by atomic mass is 10.0. The van der Waals surface area contributed by atoms with Crippen LogP contribution in [0.15, 0.2) is 50.6 Å².